The molecule has 0 aliphatic carbocycles. The van der Waals surface area contributed by atoms with Gasteiger partial charge in [0.15, 0.2) is 0 Å². The number of fused-ring (bicyclic) bond motifs is 1. The van der Waals surface area contributed by atoms with Gasteiger partial charge in [-0.15, -0.1) is 0 Å². The number of nitrogens with one attached hydrogen (secondary N) is 2. The number of sulfonamides is 1. The highest BCUT2D eigenvalue weighted by Gasteiger charge is 2.23. The summed E-state index contributed by atoms with van der Waals surface area (Å²) in [6.07, 6.45) is 2.32. The van der Waals surface area contributed by atoms with Crippen LogP contribution in [0.4, 0.5) is 4.39 Å². The minimum atomic E-state index is -3.77. The molecule has 0 spiro atoms. The Bertz CT molecular complexity index is 1160. The number of hydrogen-bond donors (Lipinski definition) is 2. The van der Waals surface area contributed by atoms with Gasteiger partial charge in [-0.05, 0) is 48.4 Å². The quantitative estimate of drug-likeness (QED) is 0.616. The summed E-state index contributed by atoms with van der Waals surface area (Å²) in [6, 6.07) is 8.78. The number of carbonyl (C=O) groups excluding carboxylic acids is 1. The molecule has 1 aromatic heterocycles. The van der Waals surface area contributed by atoms with Gasteiger partial charge in [-0.25, -0.2) is 17.1 Å². The second-order valence-electron chi connectivity index (χ2n) is 6.66. The number of ether oxygens (including phenoxy) is 1. The number of carbonyl (C=O) groups is 1. The van der Waals surface area contributed by atoms with E-state index in [2.05, 4.69) is 10.3 Å². The van der Waals surface area contributed by atoms with E-state index in [1.807, 2.05) is 0 Å². The Balaban J connectivity index is 1.73. The molecule has 9 heteroatoms. The van der Waals surface area contributed by atoms with Gasteiger partial charge in [0.25, 0.3) is 5.91 Å². The van der Waals surface area contributed by atoms with Crippen LogP contribution in [-0.4, -0.2) is 51.4 Å². The number of aromatic amines is 1. The van der Waals surface area contributed by atoms with Gasteiger partial charge in [0.05, 0.1) is 7.11 Å². The van der Waals surface area contributed by atoms with Crippen molar-refractivity contribution < 1.29 is 22.3 Å². The number of aromatic nitrogens is 1. The smallest absolute Gasteiger partial charge is 0.251 e. The first kappa shape index (κ1) is 20.8. The minimum Gasteiger partial charge on any atom is -0.495 e. The Morgan fingerprint density at radius 3 is 2.66 bits per heavy atom. The molecular formula is C20H22FN3O4S. The number of methoxy groups -OCH3 is 1. The number of rotatable bonds is 7. The third-order valence-corrected chi connectivity index (χ3v) is 6.43. The van der Waals surface area contributed by atoms with Gasteiger partial charge in [0, 0.05) is 43.3 Å². The van der Waals surface area contributed by atoms with E-state index in [1.165, 1.54) is 51.5 Å². The Morgan fingerprint density at radius 1 is 1.21 bits per heavy atom. The average Bonchev–Trinajstić information content (AvgIpc) is 3.09. The lowest BCUT2D eigenvalue weighted by atomic mass is 10.1. The molecule has 7 nitrogen and oxygen atoms in total. The number of amides is 1. The first-order valence-corrected chi connectivity index (χ1v) is 10.3. The predicted molar refractivity (Wildman–Crippen MR) is 108 cm³/mol. The monoisotopic (exact) mass is 419 g/mol. The Kier molecular flexibility index (Phi) is 5.90. The van der Waals surface area contributed by atoms with Crippen LogP contribution in [0.1, 0.15) is 15.9 Å². The number of hydrogen-bond acceptors (Lipinski definition) is 4. The van der Waals surface area contributed by atoms with Gasteiger partial charge in [0.1, 0.15) is 16.5 Å². The highest BCUT2D eigenvalue weighted by atomic mass is 32.2. The molecule has 0 saturated heterocycles. The SMILES string of the molecule is COc1ccc(C(=O)NCCc2c[nH]c3cc(F)ccc23)cc1S(=O)(=O)N(C)C. The summed E-state index contributed by atoms with van der Waals surface area (Å²) >= 11 is 0. The fourth-order valence-electron chi connectivity index (χ4n) is 2.99. The van der Waals surface area contributed by atoms with E-state index in [1.54, 1.807) is 12.3 Å². The number of H-pyrrole nitrogens is 1. The molecule has 1 amide bonds. The fraction of sp³-hybridized carbons (Fsp3) is 0.250. The van der Waals surface area contributed by atoms with Gasteiger partial charge < -0.3 is 15.0 Å². The lowest BCUT2D eigenvalue weighted by molar-refractivity contribution is 0.0954. The van der Waals surface area contributed by atoms with Crippen LogP contribution in [0.5, 0.6) is 5.75 Å². The maximum Gasteiger partial charge on any atom is 0.251 e. The van der Waals surface area contributed by atoms with Gasteiger partial charge in [0.2, 0.25) is 10.0 Å². The van der Waals surface area contributed by atoms with Crippen molar-refractivity contribution in [2.24, 2.45) is 0 Å². The van der Waals surface area contributed by atoms with Crippen LogP contribution in [-0.2, 0) is 16.4 Å². The minimum absolute atomic E-state index is 0.0729. The van der Waals surface area contributed by atoms with Crippen molar-refractivity contribution in [2.45, 2.75) is 11.3 Å². The third-order valence-electron chi connectivity index (χ3n) is 4.59. The highest BCUT2D eigenvalue weighted by molar-refractivity contribution is 7.89. The maximum absolute atomic E-state index is 13.3. The van der Waals surface area contributed by atoms with E-state index in [-0.39, 0.29) is 22.0 Å². The van der Waals surface area contributed by atoms with Crippen LogP contribution in [0, 0.1) is 5.82 Å². The largest absolute Gasteiger partial charge is 0.495 e. The molecule has 0 aliphatic heterocycles. The van der Waals surface area contributed by atoms with Crippen LogP contribution in [0.25, 0.3) is 10.9 Å². The molecule has 0 radical (unpaired) electrons. The standard InChI is InChI=1S/C20H22FN3O4S/c1-24(2)29(26,27)19-10-13(4-7-18(19)28-3)20(25)22-9-8-14-12-23-17-11-15(21)5-6-16(14)17/h4-7,10-12,23H,8-9H2,1-3H3,(H,22,25). The van der Waals surface area contributed by atoms with Crippen LogP contribution in [0.3, 0.4) is 0 Å². The van der Waals surface area contributed by atoms with Gasteiger partial charge in [-0.1, -0.05) is 0 Å². The first-order chi connectivity index (χ1) is 13.7. The summed E-state index contributed by atoms with van der Waals surface area (Å²) in [5.74, 6) is -0.544. The Hall–Kier alpha value is -2.91. The second kappa shape index (κ2) is 8.22. The summed E-state index contributed by atoms with van der Waals surface area (Å²) in [5.41, 5.74) is 1.86. The van der Waals surface area contributed by atoms with Crippen molar-refractivity contribution in [3.8, 4) is 5.75 Å². The molecule has 2 N–H and O–H groups in total. The molecule has 0 unspecified atom stereocenters. The van der Waals surface area contributed by atoms with Crippen molar-refractivity contribution in [1.82, 2.24) is 14.6 Å². The molecule has 1 heterocycles. The molecule has 0 saturated carbocycles. The number of nitrogens with zero attached hydrogens (tertiary/aromatic N) is 1. The molecule has 3 aromatic rings. The van der Waals surface area contributed by atoms with Gasteiger partial charge >= 0.3 is 0 Å². The zero-order valence-corrected chi connectivity index (χ0v) is 17.1. The Morgan fingerprint density at radius 2 is 1.97 bits per heavy atom. The van der Waals surface area contributed by atoms with Crippen LogP contribution < -0.4 is 10.1 Å². The molecule has 0 fully saturated rings. The van der Waals surface area contributed by atoms with Crippen molar-refractivity contribution in [3.63, 3.8) is 0 Å². The van der Waals surface area contributed by atoms with E-state index in [4.69, 9.17) is 4.74 Å². The third kappa shape index (κ3) is 4.25. The molecule has 0 bridgehead atoms. The molecule has 29 heavy (non-hydrogen) atoms. The number of benzene rings is 2. The average molecular weight is 419 g/mol. The summed E-state index contributed by atoms with van der Waals surface area (Å²) in [7, 11) is 0.429. The zero-order valence-electron chi connectivity index (χ0n) is 16.3. The first-order valence-electron chi connectivity index (χ1n) is 8.88. The second-order valence-corrected chi connectivity index (χ2v) is 8.78. The van der Waals surface area contributed by atoms with E-state index in [0.717, 1.165) is 15.3 Å². The molecule has 2 aromatic carbocycles. The van der Waals surface area contributed by atoms with Crippen molar-refractivity contribution in [3.05, 3.63) is 59.5 Å². The molecule has 3 rings (SSSR count). The Labute approximate surface area is 168 Å². The molecular weight excluding hydrogens is 397 g/mol. The lowest BCUT2D eigenvalue weighted by Gasteiger charge is -2.15. The van der Waals surface area contributed by atoms with Crippen molar-refractivity contribution >= 4 is 26.8 Å². The van der Waals surface area contributed by atoms with Crippen LogP contribution in [0.2, 0.25) is 0 Å². The predicted octanol–water partition coefficient (Wildman–Crippen LogP) is 2.54. The van der Waals surface area contributed by atoms with E-state index in [0.29, 0.717) is 18.5 Å². The maximum atomic E-state index is 13.3. The molecule has 0 atom stereocenters. The van der Waals surface area contributed by atoms with Gasteiger partial charge in [-0.3, -0.25) is 4.79 Å². The van der Waals surface area contributed by atoms with Crippen molar-refractivity contribution in [2.75, 3.05) is 27.7 Å². The lowest BCUT2D eigenvalue weighted by Crippen LogP contribution is -2.27. The summed E-state index contributed by atoms with van der Waals surface area (Å²) in [6.45, 7) is 0.338. The van der Waals surface area contributed by atoms with E-state index in [9.17, 15) is 17.6 Å². The van der Waals surface area contributed by atoms with Crippen LogP contribution in [0.15, 0.2) is 47.5 Å². The van der Waals surface area contributed by atoms with Gasteiger partial charge in [-0.2, -0.15) is 0 Å². The molecule has 154 valence electrons. The van der Waals surface area contributed by atoms with E-state index >= 15 is 0 Å². The summed E-state index contributed by atoms with van der Waals surface area (Å²) < 4.78 is 44.4. The normalized spacial score (nSPS) is 11.8. The highest BCUT2D eigenvalue weighted by Crippen LogP contribution is 2.27. The van der Waals surface area contributed by atoms with Crippen molar-refractivity contribution in [1.29, 1.82) is 0 Å². The summed E-state index contributed by atoms with van der Waals surface area (Å²) in [5, 5.41) is 3.68. The summed E-state index contributed by atoms with van der Waals surface area (Å²) in [4.78, 5) is 15.4. The number of halogens is 1. The van der Waals surface area contributed by atoms with E-state index < -0.39 is 15.9 Å². The fourth-order valence-corrected chi connectivity index (χ4v) is 4.07. The van der Waals surface area contributed by atoms with Crippen LogP contribution >= 0.6 is 0 Å². The zero-order chi connectivity index (χ0) is 21.2. The molecule has 0 aliphatic rings. The topological polar surface area (TPSA) is 91.5 Å².